The van der Waals surface area contributed by atoms with Crippen LogP contribution in [-0.2, 0) is 0 Å². The highest BCUT2D eigenvalue weighted by atomic mass is 16.6. The van der Waals surface area contributed by atoms with Crippen LogP contribution in [0.5, 0.6) is 17.2 Å². The smallest absolute Gasteiger partial charge is 0.269 e. The molecule has 6 nitrogen and oxygen atoms in total. The van der Waals surface area contributed by atoms with E-state index in [0.717, 1.165) is 33.9 Å². The van der Waals surface area contributed by atoms with Crippen LogP contribution in [-0.4, -0.2) is 10.0 Å². The van der Waals surface area contributed by atoms with Gasteiger partial charge in [-0.05, 0) is 53.9 Å². The van der Waals surface area contributed by atoms with Gasteiger partial charge in [-0.15, -0.1) is 0 Å². The third-order valence-corrected chi connectivity index (χ3v) is 6.00. The maximum Gasteiger partial charge on any atom is 0.269 e. The molecule has 1 aliphatic heterocycles. The second kappa shape index (κ2) is 8.67. The number of nitro groups is 1. The fourth-order valence-electron chi connectivity index (χ4n) is 4.38. The number of nitro benzene ring substituents is 1. The predicted molar refractivity (Wildman–Crippen MR) is 127 cm³/mol. The summed E-state index contributed by atoms with van der Waals surface area (Å²) in [6.07, 6.45) is 0.678. The van der Waals surface area contributed by atoms with Crippen molar-refractivity contribution in [3.63, 3.8) is 0 Å². The highest BCUT2D eigenvalue weighted by Gasteiger charge is 2.30. The Kier molecular flexibility index (Phi) is 5.40. The number of nitrogens with zero attached hydrogens (tertiary/aromatic N) is 1. The number of rotatable bonds is 5. The van der Waals surface area contributed by atoms with Crippen molar-refractivity contribution >= 4 is 11.4 Å². The number of benzene rings is 4. The van der Waals surface area contributed by atoms with Crippen LogP contribution in [0.3, 0.4) is 0 Å². The molecule has 0 aliphatic carbocycles. The lowest BCUT2D eigenvalue weighted by Crippen LogP contribution is -2.22. The molecule has 0 radical (unpaired) electrons. The van der Waals surface area contributed by atoms with Gasteiger partial charge in [-0.3, -0.25) is 10.1 Å². The van der Waals surface area contributed by atoms with Crippen LogP contribution in [0.1, 0.15) is 35.1 Å². The molecule has 2 atom stereocenters. The van der Waals surface area contributed by atoms with Crippen LogP contribution in [0.2, 0.25) is 0 Å². The standard InChI is InChI=1S/C27H22N2O4/c30-27-9-5-4-8-22(27)23-17-26(18-10-12-19(13-11-18)29(31)32)28-25-15-14-21(16-24(23)25)33-20-6-2-1-3-7-20/h1-16,23,26,28,30H,17H2/t23-,26+/m1/s1. The van der Waals surface area contributed by atoms with E-state index >= 15 is 0 Å². The summed E-state index contributed by atoms with van der Waals surface area (Å²) in [4.78, 5) is 10.6. The number of fused-ring (bicyclic) bond motifs is 1. The van der Waals surface area contributed by atoms with Crippen LogP contribution in [0.25, 0.3) is 0 Å². The van der Waals surface area contributed by atoms with Crippen molar-refractivity contribution in [2.24, 2.45) is 0 Å². The molecular formula is C27H22N2O4. The molecular weight excluding hydrogens is 416 g/mol. The number of phenols is 1. The Morgan fingerprint density at radius 2 is 1.58 bits per heavy atom. The Bertz CT molecular complexity index is 1290. The van der Waals surface area contributed by atoms with Crippen LogP contribution >= 0.6 is 0 Å². The number of non-ortho nitro benzene ring substituents is 1. The first-order valence-electron chi connectivity index (χ1n) is 10.7. The molecule has 6 heteroatoms. The number of aromatic hydroxyl groups is 1. The first kappa shape index (κ1) is 20.6. The first-order chi connectivity index (χ1) is 16.1. The van der Waals surface area contributed by atoms with E-state index in [2.05, 4.69) is 5.32 Å². The minimum Gasteiger partial charge on any atom is -0.508 e. The van der Waals surface area contributed by atoms with Crippen molar-refractivity contribution in [1.29, 1.82) is 0 Å². The maximum atomic E-state index is 11.0. The molecule has 1 heterocycles. The van der Waals surface area contributed by atoms with Gasteiger partial charge in [0.15, 0.2) is 0 Å². The van der Waals surface area contributed by atoms with Gasteiger partial charge >= 0.3 is 0 Å². The van der Waals surface area contributed by atoms with E-state index in [1.165, 1.54) is 12.1 Å². The molecule has 2 N–H and O–H groups in total. The zero-order valence-corrected chi connectivity index (χ0v) is 17.7. The number of nitrogens with one attached hydrogen (secondary N) is 1. The van der Waals surface area contributed by atoms with Gasteiger partial charge in [0.25, 0.3) is 5.69 Å². The van der Waals surface area contributed by atoms with Gasteiger partial charge in [-0.2, -0.15) is 0 Å². The second-order valence-corrected chi connectivity index (χ2v) is 8.06. The molecule has 164 valence electrons. The van der Waals surface area contributed by atoms with Gasteiger partial charge in [-0.1, -0.05) is 48.5 Å². The third kappa shape index (κ3) is 4.23. The van der Waals surface area contributed by atoms with Crippen LogP contribution in [0.15, 0.2) is 97.1 Å². The molecule has 5 rings (SSSR count). The monoisotopic (exact) mass is 438 g/mol. The number of hydrogen-bond acceptors (Lipinski definition) is 5. The molecule has 0 saturated carbocycles. The average molecular weight is 438 g/mol. The predicted octanol–water partition coefficient (Wildman–Crippen LogP) is 6.78. The summed E-state index contributed by atoms with van der Waals surface area (Å²) in [5, 5.41) is 25.2. The summed E-state index contributed by atoms with van der Waals surface area (Å²) < 4.78 is 6.05. The Labute approximate surface area is 191 Å². The normalized spacial score (nSPS) is 17.0. The second-order valence-electron chi connectivity index (χ2n) is 8.06. The van der Waals surface area contributed by atoms with Gasteiger partial charge in [-0.25, -0.2) is 0 Å². The topological polar surface area (TPSA) is 84.6 Å². The first-order valence-corrected chi connectivity index (χ1v) is 10.7. The molecule has 0 saturated heterocycles. The van der Waals surface area contributed by atoms with Gasteiger partial charge in [0.2, 0.25) is 0 Å². The molecule has 0 spiro atoms. The van der Waals surface area contributed by atoms with Crippen molar-refractivity contribution in [1.82, 2.24) is 0 Å². The van der Waals surface area contributed by atoms with Crippen molar-refractivity contribution in [2.75, 3.05) is 5.32 Å². The summed E-state index contributed by atoms with van der Waals surface area (Å²) in [5.74, 6) is 1.63. The van der Waals surface area contributed by atoms with Crippen LogP contribution in [0.4, 0.5) is 11.4 Å². The Morgan fingerprint density at radius 3 is 2.30 bits per heavy atom. The minimum absolute atomic E-state index is 0.0647. The van der Waals surface area contributed by atoms with Gasteiger partial charge < -0.3 is 15.2 Å². The van der Waals surface area contributed by atoms with E-state index in [0.29, 0.717) is 6.42 Å². The van der Waals surface area contributed by atoms with Crippen molar-refractivity contribution in [3.05, 3.63) is 124 Å². The maximum absolute atomic E-state index is 11.0. The lowest BCUT2D eigenvalue weighted by molar-refractivity contribution is -0.384. The highest BCUT2D eigenvalue weighted by molar-refractivity contribution is 5.63. The molecule has 0 aromatic heterocycles. The van der Waals surface area contributed by atoms with Gasteiger partial charge in [0, 0.05) is 29.3 Å². The SMILES string of the molecule is O=[N+]([O-])c1ccc([C@@H]2C[C@H](c3ccccc3O)c3cc(Oc4ccccc4)ccc3N2)cc1. The fraction of sp³-hybridized carbons (Fsp3) is 0.111. The highest BCUT2D eigenvalue weighted by Crippen LogP contribution is 2.47. The Balaban J connectivity index is 1.53. The van der Waals surface area contributed by atoms with E-state index in [4.69, 9.17) is 4.74 Å². The average Bonchev–Trinajstić information content (AvgIpc) is 2.84. The Hall–Kier alpha value is -4.32. The van der Waals surface area contributed by atoms with Crippen LogP contribution in [0, 0.1) is 10.1 Å². The molecule has 4 aromatic carbocycles. The van der Waals surface area contributed by atoms with E-state index in [9.17, 15) is 15.2 Å². The number of hydrogen-bond donors (Lipinski definition) is 2. The summed E-state index contributed by atoms with van der Waals surface area (Å²) in [6, 6.07) is 29.4. The van der Waals surface area contributed by atoms with E-state index in [-0.39, 0.29) is 23.4 Å². The molecule has 0 unspecified atom stereocenters. The summed E-state index contributed by atoms with van der Waals surface area (Å²) in [6.45, 7) is 0. The van der Waals surface area contributed by atoms with Gasteiger partial charge in [0.05, 0.1) is 11.0 Å². The lowest BCUT2D eigenvalue weighted by Gasteiger charge is -2.34. The van der Waals surface area contributed by atoms with Crippen molar-refractivity contribution < 1.29 is 14.8 Å². The molecule has 0 fully saturated rings. The van der Waals surface area contributed by atoms with Crippen molar-refractivity contribution in [3.8, 4) is 17.2 Å². The number of para-hydroxylation sites is 2. The number of anilines is 1. The van der Waals surface area contributed by atoms with E-state index < -0.39 is 4.92 Å². The summed E-state index contributed by atoms with van der Waals surface area (Å²) in [5.41, 5.74) is 3.83. The molecule has 0 bridgehead atoms. The molecule has 33 heavy (non-hydrogen) atoms. The number of ether oxygens (including phenoxy) is 1. The lowest BCUT2D eigenvalue weighted by atomic mass is 9.80. The Morgan fingerprint density at radius 1 is 0.848 bits per heavy atom. The zero-order valence-electron chi connectivity index (χ0n) is 17.7. The largest absolute Gasteiger partial charge is 0.508 e. The van der Waals surface area contributed by atoms with Gasteiger partial charge in [0.1, 0.15) is 17.2 Å². The molecule has 0 amide bonds. The summed E-state index contributed by atoms with van der Waals surface area (Å²) >= 11 is 0. The molecule has 4 aromatic rings. The number of phenolic OH excluding ortho intramolecular Hbond substituents is 1. The molecule has 1 aliphatic rings. The van der Waals surface area contributed by atoms with Crippen LogP contribution < -0.4 is 10.1 Å². The van der Waals surface area contributed by atoms with E-state index in [1.54, 1.807) is 18.2 Å². The van der Waals surface area contributed by atoms with E-state index in [1.807, 2.05) is 66.7 Å². The summed E-state index contributed by atoms with van der Waals surface area (Å²) in [7, 11) is 0. The fourth-order valence-corrected chi connectivity index (χ4v) is 4.38. The third-order valence-electron chi connectivity index (χ3n) is 6.00. The quantitative estimate of drug-likeness (QED) is 0.265. The minimum atomic E-state index is -0.396. The van der Waals surface area contributed by atoms with Crippen molar-refractivity contribution in [2.45, 2.75) is 18.4 Å². The zero-order chi connectivity index (χ0) is 22.8.